The summed E-state index contributed by atoms with van der Waals surface area (Å²) in [5.41, 5.74) is 17.8. The van der Waals surface area contributed by atoms with E-state index in [1.807, 2.05) is 48.5 Å². The maximum Gasteiger partial charge on any atom is 0.160 e. The third-order valence-electron chi connectivity index (χ3n) is 13.3. The fourth-order valence-electron chi connectivity index (χ4n) is 9.78. The van der Waals surface area contributed by atoms with Gasteiger partial charge in [0.1, 0.15) is 0 Å². The van der Waals surface area contributed by atoms with Crippen LogP contribution in [0.2, 0.25) is 0 Å². The normalized spacial score (nSPS) is 11.3. The van der Waals surface area contributed by atoms with Crippen LogP contribution in [0, 0.1) is 13.8 Å². The number of hydrogen-bond donors (Lipinski definition) is 0. The van der Waals surface area contributed by atoms with Gasteiger partial charge in [-0.3, -0.25) is 0 Å². The minimum atomic E-state index is 0.689. The van der Waals surface area contributed by atoms with E-state index in [0.29, 0.717) is 11.6 Å². The van der Waals surface area contributed by atoms with Gasteiger partial charge in [-0.1, -0.05) is 212 Å². The zero-order valence-corrected chi connectivity index (χ0v) is 38.6. The summed E-state index contributed by atoms with van der Waals surface area (Å²) < 4.78 is 0. The lowest BCUT2D eigenvalue weighted by Crippen LogP contribution is -2.01. The Balaban J connectivity index is 0.951. The SMILES string of the molecule is Cc1c(-c2ccc(-c3cccc(-c4ccc(-c5nc(-c6ccccc6)nc(-c6cccc7ccccc67)c5C)cc4)c3-c3cccnn3)cc2)nc(-c2ccccc2)nc1-c1cccc2ccccc12. The van der Waals surface area contributed by atoms with Crippen LogP contribution in [0.4, 0.5) is 0 Å². The molecule has 330 valence electrons. The van der Waals surface area contributed by atoms with E-state index in [9.17, 15) is 0 Å². The molecule has 0 fully saturated rings. The molecular formula is C64H44N6. The third kappa shape index (κ3) is 7.77. The van der Waals surface area contributed by atoms with Crippen molar-refractivity contribution in [3.05, 3.63) is 242 Å². The van der Waals surface area contributed by atoms with Crippen LogP contribution >= 0.6 is 0 Å². The van der Waals surface area contributed by atoms with Crippen LogP contribution in [0.3, 0.4) is 0 Å². The second-order valence-corrected chi connectivity index (χ2v) is 17.5. The fraction of sp³-hybridized carbons (Fsp3) is 0.0312. The smallest absolute Gasteiger partial charge is 0.160 e. The Labute approximate surface area is 406 Å². The first-order valence-electron chi connectivity index (χ1n) is 23.5. The Bertz CT molecular complexity index is 3630. The van der Waals surface area contributed by atoms with Gasteiger partial charge in [0.15, 0.2) is 11.6 Å². The number of fused-ring (bicyclic) bond motifs is 2. The van der Waals surface area contributed by atoms with Crippen molar-refractivity contribution in [1.82, 2.24) is 30.1 Å². The fourth-order valence-corrected chi connectivity index (χ4v) is 9.78. The largest absolute Gasteiger partial charge is 0.228 e. The molecule has 3 heterocycles. The van der Waals surface area contributed by atoms with Gasteiger partial charge in [0.25, 0.3) is 0 Å². The van der Waals surface area contributed by atoms with Gasteiger partial charge >= 0.3 is 0 Å². The quantitative estimate of drug-likeness (QED) is 0.144. The summed E-state index contributed by atoms with van der Waals surface area (Å²) in [5, 5.41) is 13.7. The summed E-state index contributed by atoms with van der Waals surface area (Å²) in [6.45, 7) is 4.27. The molecule has 9 aromatic carbocycles. The monoisotopic (exact) mass is 896 g/mol. The van der Waals surface area contributed by atoms with Gasteiger partial charge < -0.3 is 0 Å². The second-order valence-electron chi connectivity index (χ2n) is 17.5. The van der Waals surface area contributed by atoms with Crippen molar-refractivity contribution >= 4 is 21.5 Å². The Morgan fingerprint density at radius 2 is 0.671 bits per heavy atom. The van der Waals surface area contributed by atoms with Crippen LogP contribution in [0.15, 0.2) is 231 Å². The maximum atomic E-state index is 5.25. The summed E-state index contributed by atoms with van der Waals surface area (Å²) in [6.07, 6.45) is 1.72. The zero-order chi connectivity index (χ0) is 47.0. The molecule has 0 aliphatic carbocycles. The molecule has 0 atom stereocenters. The highest BCUT2D eigenvalue weighted by atomic mass is 15.1. The molecule has 12 rings (SSSR count). The van der Waals surface area contributed by atoms with E-state index in [1.54, 1.807) is 6.20 Å². The first-order valence-corrected chi connectivity index (χ1v) is 23.5. The van der Waals surface area contributed by atoms with Crippen LogP contribution in [-0.2, 0) is 0 Å². The van der Waals surface area contributed by atoms with E-state index < -0.39 is 0 Å². The van der Waals surface area contributed by atoms with Gasteiger partial charge in [-0.05, 0) is 69.8 Å². The summed E-state index contributed by atoms with van der Waals surface area (Å²) in [6, 6.07) is 78.2. The molecule has 0 bridgehead atoms. The van der Waals surface area contributed by atoms with Gasteiger partial charge in [-0.15, -0.1) is 0 Å². The third-order valence-corrected chi connectivity index (χ3v) is 13.3. The lowest BCUT2D eigenvalue weighted by molar-refractivity contribution is 1.04. The van der Waals surface area contributed by atoms with E-state index in [-0.39, 0.29) is 0 Å². The van der Waals surface area contributed by atoms with Gasteiger partial charge in [0.2, 0.25) is 0 Å². The predicted octanol–water partition coefficient (Wildman–Crippen LogP) is 16.0. The van der Waals surface area contributed by atoms with Crippen molar-refractivity contribution in [3.8, 4) is 101 Å². The second kappa shape index (κ2) is 18.1. The lowest BCUT2D eigenvalue weighted by Gasteiger charge is -2.17. The van der Waals surface area contributed by atoms with Crippen LogP contribution in [0.25, 0.3) is 123 Å². The van der Waals surface area contributed by atoms with Crippen molar-refractivity contribution in [2.24, 2.45) is 0 Å². The molecule has 6 heteroatoms. The molecule has 70 heavy (non-hydrogen) atoms. The van der Waals surface area contributed by atoms with Crippen LogP contribution in [0.5, 0.6) is 0 Å². The van der Waals surface area contributed by atoms with Crippen LogP contribution in [-0.4, -0.2) is 30.1 Å². The molecule has 0 N–H and O–H groups in total. The minimum absolute atomic E-state index is 0.689. The molecule has 0 aliphatic heterocycles. The number of nitrogens with zero attached hydrogens (tertiary/aromatic N) is 6. The first-order chi connectivity index (χ1) is 34.6. The number of hydrogen-bond acceptors (Lipinski definition) is 6. The number of benzene rings is 9. The average molecular weight is 897 g/mol. The molecule has 12 aromatic rings. The number of aromatic nitrogens is 6. The zero-order valence-electron chi connectivity index (χ0n) is 38.6. The molecule has 3 aromatic heterocycles. The standard InChI is InChI=1S/C64H44N6/c1-41-59(66-63(49-19-5-3-6-20-49)68-61(41)55-29-13-23-43-17-9-11-25-51(43)55)47-36-32-45(33-37-47)53-27-15-28-54(58(53)57-31-16-40-65-70-57)46-34-38-48(39-35-46)60-42(2)62(69-64(67-60)50-21-7-4-8-22-50)56-30-14-24-44-18-10-12-26-52(44)56/h3-40H,1-2H3. The Morgan fingerprint density at radius 1 is 0.286 bits per heavy atom. The van der Waals surface area contributed by atoms with E-state index in [4.69, 9.17) is 19.9 Å². The van der Waals surface area contributed by atoms with Crippen molar-refractivity contribution < 1.29 is 0 Å². The Morgan fingerprint density at radius 3 is 1.13 bits per heavy atom. The molecule has 0 aliphatic rings. The summed E-state index contributed by atoms with van der Waals surface area (Å²) in [5.74, 6) is 1.38. The topological polar surface area (TPSA) is 77.3 Å². The number of rotatable bonds is 9. The van der Waals surface area contributed by atoms with E-state index in [1.165, 1.54) is 10.8 Å². The van der Waals surface area contributed by atoms with Crippen LogP contribution < -0.4 is 0 Å². The average Bonchev–Trinajstić information content (AvgIpc) is 3.43. The minimum Gasteiger partial charge on any atom is -0.228 e. The molecule has 0 amide bonds. The van der Waals surface area contributed by atoms with Gasteiger partial charge in [-0.25, -0.2) is 19.9 Å². The Hall–Kier alpha value is -9.26. The first kappa shape index (κ1) is 42.1. The molecule has 0 radical (unpaired) electrons. The highest BCUT2D eigenvalue weighted by Gasteiger charge is 2.21. The lowest BCUT2D eigenvalue weighted by atomic mass is 9.88. The van der Waals surface area contributed by atoms with Crippen molar-refractivity contribution in [1.29, 1.82) is 0 Å². The molecule has 0 unspecified atom stereocenters. The van der Waals surface area contributed by atoms with Gasteiger partial charge in [-0.2, -0.15) is 10.2 Å². The van der Waals surface area contributed by atoms with E-state index in [2.05, 4.69) is 200 Å². The Kier molecular flexibility index (Phi) is 10.9. The molecule has 0 saturated carbocycles. The van der Waals surface area contributed by atoms with Crippen molar-refractivity contribution in [2.75, 3.05) is 0 Å². The summed E-state index contributed by atoms with van der Waals surface area (Å²) in [7, 11) is 0. The molecule has 6 nitrogen and oxygen atoms in total. The molecular weight excluding hydrogens is 853 g/mol. The van der Waals surface area contributed by atoms with Crippen molar-refractivity contribution in [2.45, 2.75) is 13.8 Å². The van der Waals surface area contributed by atoms with Gasteiger partial charge in [0.05, 0.1) is 28.5 Å². The van der Waals surface area contributed by atoms with Crippen LogP contribution in [0.1, 0.15) is 11.1 Å². The van der Waals surface area contributed by atoms with E-state index >= 15 is 0 Å². The highest BCUT2D eigenvalue weighted by Crippen LogP contribution is 2.42. The van der Waals surface area contributed by atoms with Gasteiger partial charge in [0, 0.05) is 56.3 Å². The summed E-state index contributed by atoms with van der Waals surface area (Å²) in [4.78, 5) is 21.0. The maximum absolute atomic E-state index is 5.25. The highest BCUT2D eigenvalue weighted by molar-refractivity contribution is 5.99. The van der Waals surface area contributed by atoms with Crippen molar-refractivity contribution in [3.63, 3.8) is 0 Å². The molecule has 0 saturated heterocycles. The van der Waals surface area contributed by atoms with E-state index in [0.717, 1.165) is 112 Å². The molecule has 0 spiro atoms. The summed E-state index contributed by atoms with van der Waals surface area (Å²) >= 11 is 0. The predicted molar refractivity (Wildman–Crippen MR) is 287 cm³/mol.